The number of halogens is 2. The topological polar surface area (TPSA) is 357 Å². The second-order valence-corrected chi connectivity index (χ2v) is 35.2. The van der Waals surface area contributed by atoms with Gasteiger partial charge in [-0.15, -0.1) is 0 Å². The van der Waals surface area contributed by atoms with Crippen LogP contribution in [0, 0.1) is 59.2 Å². The van der Waals surface area contributed by atoms with Gasteiger partial charge in [-0.25, -0.2) is 14.4 Å². The zero-order valence-electron chi connectivity index (χ0n) is 77.9. The van der Waals surface area contributed by atoms with E-state index in [0.29, 0.717) is 58.0 Å². The van der Waals surface area contributed by atoms with Gasteiger partial charge in [0.1, 0.15) is 42.4 Å². The van der Waals surface area contributed by atoms with Crippen molar-refractivity contribution in [1.82, 2.24) is 40.9 Å². The van der Waals surface area contributed by atoms with Gasteiger partial charge in [0, 0.05) is 62.2 Å². The molecule has 16 atom stereocenters. The Morgan fingerprint density at radius 2 is 0.746 bits per heavy atom. The molecule has 122 heavy (non-hydrogen) atoms. The minimum Gasteiger partial charge on any atom is -0.480 e. The van der Waals surface area contributed by atoms with E-state index in [1.54, 1.807) is 116 Å². The molecule has 2 rings (SSSR count). The smallest absolute Gasteiger partial charge is 0.334 e. The van der Waals surface area contributed by atoms with E-state index in [0.717, 1.165) is 16.0 Å². The van der Waals surface area contributed by atoms with E-state index < -0.39 is 132 Å². The molecular weight excluding hydrogens is 1600 g/mol. The van der Waals surface area contributed by atoms with Crippen molar-refractivity contribution in [2.45, 2.75) is 285 Å². The largest absolute Gasteiger partial charge is 0.480 e. The first-order valence-corrected chi connectivity index (χ1v) is 43.3. The number of carbonyl (C=O) groups is 14. The third-order valence-electron chi connectivity index (χ3n) is 22.3. The number of Topliss-reactive ketones (excluding diaryl/α,β-unsaturated/α-hetero) is 1. The molecule has 0 saturated carbocycles. The molecule has 2 aromatic carbocycles. The summed E-state index contributed by atoms with van der Waals surface area (Å²) in [6, 6.07) is 7.11. The molecular formula is C93H144Cl2N8O19. The van der Waals surface area contributed by atoms with Gasteiger partial charge in [0.05, 0.1) is 31.0 Å². The lowest BCUT2D eigenvalue weighted by molar-refractivity contribution is -0.155. The number of benzene rings is 2. The Morgan fingerprint density at radius 3 is 1.02 bits per heavy atom. The van der Waals surface area contributed by atoms with Crippen LogP contribution in [0.5, 0.6) is 0 Å². The van der Waals surface area contributed by atoms with Crippen LogP contribution in [-0.2, 0) is 98.9 Å². The summed E-state index contributed by atoms with van der Waals surface area (Å²) >= 11 is 12.2. The number of amides is 8. The van der Waals surface area contributed by atoms with Gasteiger partial charge in [-0.1, -0.05) is 195 Å². The molecule has 2 unspecified atom stereocenters. The van der Waals surface area contributed by atoms with Gasteiger partial charge in [0.2, 0.25) is 35.4 Å². The van der Waals surface area contributed by atoms with Gasteiger partial charge in [-0.3, -0.25) is 52.7 Å². The van der Waals surface area contributed by atoms with Crippen LogP contribution >= 0.6 is 23.2 Å². The molecule has 0 aliphatic heterocycles. The molecule has 27 nitrogen and oxygen atoms in total. The van der Waals surface area contributed by atoms with Crippen LogP contribution in [-0.4, -0.2) is 210 Å². The zero-order valence-corrected chi connectivity index (χ0v) is 79.4. The second-order valence-electron chi connectivity index (χ2n) is 34.3. The number of ether oxygens (including phenoxy) is 4. The quantitative estimate of drug-likeness (QED) is 0.0178. The summed E-state index contributed by atoms with van der Waals surface area (Å²) in [5, 5.41) is 21.2. The Morgan fingerprint density at radius 1 is 0.434 bits per heavy atom. The molecule has 5 N–H and O–H groups in total. The molecule has 2 aromatic rings. The number of rotatable bonds is 48. The molecule has 0 aliphatic carbocycles. The predicted molar refractivity (Wildman–Crippen MR) is 475 cm³/mol. The molecule has 0 radical (unpaired) electrons. The van der Waals surface area contributed by atoms with Crippen LogP contribution in [0.15, 0.2) is 95.1 Å². The number of nitrogens with one attached hydrogen (secondary N) is 4. The highest BCUT2D eigenvalue weighted by Gasteiger charge is 2.39. The van der Waals surface area contributed by atoms with Gasteiger partial charge in [-0.2, -0.15) is 0 Å². The normalized spacial score (nSPS) is 16.0. The molecule has 0 aromatic heterocycles. The van der Waals surface area contributed by atoms with Gasteiger partial charge in [0.25, 0.3) is 11.8 Å². The highest BCUT2D eigenvalue weighted by Crippen LogP contribution is 2.31. The van der Waals surface area contributed by atoms with Crippen molar-refractivity contribution in [3.05, 3.63) is 116 Å². The lowest BCUT2D eigenvalue weighted by atomic mass is 9.84. The number of esters is 4. The van der Waals surface area contributed by atoms with Crippen molar-refractivity contribution < 1.29 is 91.2 Å². The maximum absolute atomic E-state index is 14.0. The van der Waals surface area contributed by atoms with Gasteiger partial charge in [0.15, 0.2) is 18.0 Å². The van der Waals surface area contributed by atoms with Crippen molar-refractivity contribution in [3.63, 3.8) is 0 Å². The summed E-state index contributed by atoms with van der Waals surface area (Å²) in [5.41, 5.74) is 3.83. The number of hydrogen-bond donors (Lipinski definition) is 5. The summed E-state index contributed by atoms with van der Waals surface area (Å²) in [5.74, 6) is -9.46. The SMILES string of the molecule is C/C=C(\C)[C@@H](OC(=O)C(C)C)[C@@H](C)[C@@H](C)C/C=C(\C)C(=O)O[C@H](CC(C)C)C(=O)N[C@@H](C)C(=O)N(C)[C@H](Cc1ccc(Cl)cc1)C(=O)N(C)CC(=O)N[C@H](C(=O)O)C(C)CC.C/C=C(\C)[C@@H](OC(=O)C(C)C)[C@@H](C)[C@@H](C)C/C=C(\C)C(=O)O[C@H](CC(C)C)C(=O)N[C@@H](C)C(=O)N(C)[C@H](Cc1ccc(Cl)cc1)C(=O)N(C)CC(=O)N[C@H](C(C)=O)C(C)CC. The Kier molecular flexibility index (Phi) is 49.4. The number of ketones is 1. The number of carbonyl (C=O) groups excluding carboxylic acids is 13. The first kappa shape index (κ1) is 111. The average molecular weight is 1750 g/mol. The van der Waals surface area contributed by atoms with Crippen molar-refractivity contribution in [1.29, 1.82) is 0 Å². The van der Waals surface area contributed by atoms with Crippen LogP contribution in [0.25, 0.3) is 0 Å². The zero-order chi connectivity index (χ0) is 93.8. The van der Waals surface area contributed by atoms with Crippen LogP contribution in [0.4, 0.5) is 0 Å². The van der Waals surface area contributed by atoms with Crippen LogP contribution in [0.2, 0.25) is 10.0 Å². The van der Waals surface area contributed by atoms with Crippen molar-refractivity contribution in [2.75, 3.05) is 41.3 Å². The van der Waals surface area contributed by atoms with Gasteiger partial charge >= 0.3 is 29.8 Å². The number of carboxylic acid groups (broad SMARTS) is 1. The molecule has 0 saturated heterocycles. The summed E-state index contributed by atoms with van der Waals surface area (Å²) in [4.78, 5) is 190. The molecule has 0 aliphatic rings. The van der Waals surface area contributed by atoms with Gasteiger partial charge < -0.3 is 64.9 Å². The Labute approximate surface area is 736 Å². The molecule has 684 valence electrons. The molecule has 0 fully saturated rings. The number of aliphatic carboxylic acids is 1. The van der Waals surface area contributed by atoms with Gasteiger partial charge in [-0.05, 0) is 182 Å². The molecule has 0 heterocycles. The first-order valence-electron chi connectivity index (χ1n) is 42.6. The standard InChI is InChI=1S/C47H73ClN4O9.C46H71ClN4O10/c1-16-29(7)41(35(13)53)50-40(54)26-51(14)45(57)38(25-36-20-22-37(48)23-21-36)52(15)44(56)34(12)49-43(55)39(24-27(3)4)60-47(59)32(10)19-18-31(9)33(11)42(30(8)17-2)61-46(58)28(5)6;1-15-28(7)39(44(56)57)49-38(52)25-50(13)43(55)36(24-34-19-21-35(47)22-20-34)51(14)42(54)33(12)48-41(53)37(23-26(3)4)60-46(59)31(10)18-17-30(9)32(11)40(29(8)16-2)61-45(58)27(5)6/h17,19-23,27-29,31,33-34,38-39,41-42H,16,18,24-26H2,1-15H3,(H,49,55)(H,50,54);16,18-22,26-28,30,32-33,36-37,39-40H,15,17,23-25H2,1-14H3,(H,48,53)(H,49,52)(H,56,57)/b30-17+,32-19+;29-16+,31-18+/t29?,31-,33-,34-,38+,39+,41-,42+;28?,30-,32-,33-,36+,37+,39-,40+/m00/s1. The maximum atomic E-state index is 14.0. The van der Waals surface area contributed by atoms with Crippen molar-refractivity contribution >= 4 is 106 Å². The minimum atomic E-state index is -1.23. The number of carboxylic acids is 1. The number of hydrogen-bond acceptors (Lipinski definition) is 18. The number of allylic oxidation sites excluding steroid dienone is 4. The minimum absolute atomic E-state index is 0.00692. The predicted octanol–water partition coefficient (Wildman–Crippen LogP) is 13.3. The Hall–Kier alpha value is -9.24. The first-order chi connectivity index (χ1) is 56.7. The molecule has 8 amide bonds. The number of nitrogens with zero attached hydrogens (tertiary/aromatic N) is 4. The fourth-order valence-electron chi connectivity index (χ4n) is 12.9. The van der Waals surface area contributed by atoms with Crippen molar-refractivity contribution in [3.8, 4) is 0 Å². The number of likely N-dealkylation sites (N-methyl/N-ethyl adjacent to an activating group) is 4. The van der Waals surface area contributed by atoms with Crippen LogP contribution in [0.3, 0.4) is 0 Å². The summed E-state index contributed by atoms with van der Waals surface area (Å²) < 4.78 is 23.2. The van der Waals surface area contributed by atoms with E-state index in [9.17, 15) is 72.2 Å². The lowest BCUT2D eigenvalue weighted by Gasteiger charge is -2.33. The maximum Gasteiger partial charge on any atom is 0.334 e. The monoisotopic (exact) mass is 1750 g/mol. The lowest BCUT2D eigenvalue weighted by Crippen LogP contribution is -2.56. The third-order valence-corrected chi connectivity index (χ3v) is 22.8. The molecule has 29 heteroatoms. The Balaban J connectivity index is 0.00000122. The summed E-state index contributed by atoms with van der Waals surface area (Å²) in [6.45, 7) is 44.3. The third kappa shape index (κ3) is 37.4. The summed E-state index contributed by atoms with van der Waals surface area (Å²) in [6.07, 6.45) is 6.66. The Bertz CT molecular complexity index is 3700. The van der Waals surface area contributed by atoms with E-state index in [4.69, 9.17) is 42.1 Å². The van der Waals surface area contributed by atoms with E-state index in [2.05, 4.69) is 21.3 Å². The van der Waals surface area contributed by atoms with E-state index in [-0.39, 0.29) is 109 Å². The van der Waals surface area contributed by atoms with E-state index in [1.165, 1.54) is 63.7 Å². The van der Waals surface area contributed by atoms with E-state index >= 15 is 0 Å². The van der Waals surface area contributed by atoms with Crippen LogP contribution in [0.1, 0.15) is 223 Å². The van der Waals surface area contributed by atoms with Crippen molar-refractivity contribution in [2.24, 2.45) is 59.2 Å². The molecule has 0 bridgehead atoms. The molecule has 0 spiro atoms. The fourth-order valence-corrected chi connectivity index (χ4v) is 13.2. The average Bonchev–Trinajstić information content (AvgIpc) is 0.828. The second kappa shape index (κ2) is 54.4. The highest BCUT2D eigenvalue weighted by atomic mass is 35.5. The summed E-state index contributed by atoms with van der Waals surface area (Å²) in [7, 11) is 5.69. The highest BCUT2D eigenvalue weighted by molar-refractivity contribution is 6.30. The van der Waals surface area contributed by atoms with E-state index in [1.807, 2.05) is 109 Å². The fraction of sp³-hybridized carbons (Fsp3) is 0.634. The van der Waals surface area contributed by atoms with Crippen LogP contribution < -0.4 is 21.3 Å².